The second kappa shape index (κ2) is 5.89. The standard InChI is InChI=1S/C15H30N2O/c1-14(18)8-10-17(11-9-14)13-15(12-16-2)6-4-3-5-7-15/h16,18H,3-13H2,1-2H3. The van der Waals surface area contributed by atoms with Crippen LogP contribution in [0.3, 0.4) is 0 Å². The van der Waals surface area contributed by atoms with Crippen molar-refractivity contribution in [3.63, 3.8) is 0 Å². The van der Waals surface area contributed by atoms with Gasteiger partial charge in [-0.1, -0.05) is 19.3 Å². The SMILES string of the molecule is CNCC1(CN2CCC(C)(O)CC2)CCCCC1. The minimum Gasteiger partial charge on any atom is -0.390 e. The van der Waals surface area contributed by atoms with E-state index in [-0.39, 0.29) is 0 Å². The summed E-state index contributed by atoms with van der Waals surface area (Å²) in [6.45, 7) is 6.50. The van der Waals surface area contributed by atoms with Crippen LogP contribution >= 0.6 is 0 Å². The van der Waals surface area contributed by atoms with Gasteiger partial charge >= 0.3 is 0 Å². The maximum Gasteiger partial charge on any atom is 0.0644 e. The van der Waals surface area contributed by atoms with Crippen molar-refractivity contribution in [2.24, 2.45) is 5.41 Å². The third kappa shape index (κ3) is 3.69. The molecule has 2 N–H and O–H groups in total. The van der Waals surface area contributed by atoms with Crippen LogP contribution in [0.2, 0.25) is 0 Å². The summed E-state index contributed by atoms with van der Waals surface area (Å²) >= 11 is 0. The molecular formula is C15H30N2O. The summed E-state index contributed by atoms with van der Waals surface area (Å²) in [5.74, 6) is 0. The molecule has 0 spiro atoms. The van der Waals surface area contributed by atoms with Gasteiger partial charge < -0.3 is 15.3 Å². The van der Waals surface area contributed by atoms with Gasteiger partial charge in [0.25, 0.3) is 0 Å². The molecule has 3 nitrogen and oxygen atoms in total. The lowest BCUT2D eigenvalue weighted by atomic mass is 9.73. The molecule has 1 saturated carbocycles. The van der Waals surface area contributed by atoms with E-state index in [1.54, 1.807) is 0 Å². The highest BCUT2D eigenvalue weighted by atomic mass is 16.3. The van der Waals surface area contributed by atoms with Gasteiger partial charge in [-0.25, -0.2) is 0 Å². The molecule has 0 radical (unpaired) electrons. The number of nitrogens with one attached hydrogen (secondary N) is 1. The molecule has 0 atom stereocenters. The first kappa shape index (κ1) is 14.3. The topological polar surface area (TPSA) is 35.5 Å². The third-order valence-corrected chi connectivity index (χ3v) is 4.96. The molecule has 1 aliphatic carbocycles. The second-order valence-corrected chi connectivity index (χ2v) is 6.86. The number of hydrogen-bond donors (Lipinski definition) is 2. The minimum absolute atomic E-state index is 0.417. The van der Waals surface area contributed by atoms with E-state index < -0.39 is 5.60 Å². The van der Waals surface area contributed by atoms with Crippen LogP contribution in [0, 0.1) is 5.41 Å². The Hall–Kier alpha value is -0.120. The van der Waals surface area contributed by atoms with Crippen molar-refractivity contribution in [1.29, 1.82) is 0 Å². The summed E-state index contributed by atoms with van der Waals surface area (Å²) in [4.78, 5) is 2.58. The number of rotatable bonds is 4. The number of aliphatic hydroxyl groups is 1. The average molecular weight is 254 g/mol. The maximum absolute atomic E-state index is 10.0. The summed E-state index contributed by atoms with van der Waals surface area (Å²) in [5.41, 5.74) is 0.0788. The zero-order valence-electron chi connectivity index (χ0n) is 12.2. The van der Waals surface area contributed by atoms with Gasteiger partial charge in [0.1, 0.15) is 0 Å². The summed E-state index contributed by atoms with van der Waals surface area (Å²) in [5, 5.41) is 13.4. The van der Waals surface area contributed by atoms with E-state index in [4.69, 9.17) is 0 Å². The van der Waals surface area contributed by atoms with Crippen molar-refractivity contribution in [2.75, 3.05) is 33.2 Å². The molecule has 106 valence electrons. The van der Waals surface area contributed by atoms with E-state index in [2.05, 4.69) is 17.3 Å². The highest BCUT2D eigenvalue weighted by Gasteiger charge is 2.35. The van der Waals surface area contributed by atoms with E-state index in [9.17, 15) is 5.11 Å². The molecule has 1 heterocycles. The first-order valence-corrected chi connectivity index (χ1v) is 7.65. The van der Waals surface area contributed by atoms with Gasteiger partial charge in [0.2, 0.25) is 0 Å². The molecule has 2 rings (SSSR count). The lowest BCUT2D eigenvalue weighted by molar-refractivity contribution is -0.0198. The Kier molecular flexibility index (Phi) is 4.68. The molecule has 2 fully saturated rings. The van der Waals surface area contributed by atoms with Crippen LogP contribution in [0.1, 0.15) is 51.9 Å². The molecule has 3 heteroatoms. The molecular weight excluding hydrogens is 224 g/mol. The van der Waals surface area contributed by atoms with Crippen LogP contribution < -0.4 is 5.32 Å². The zero-order chi connectivity index (χ0) is 13.1. The smallest absolute Gasteiger partial charge is 0.0644 e. The van der Waals surface area contributed by atoms with E-state index in [0.717, 1.165) is 32.5 Å². The molecule has 1 saturated heterocycles. The van der Waals surface area contributed by atoms with Crippen LogP contribution in [-0.2, 0) is 0 Å². The largest absolute Gasteiger partial charge is 0.390 e. The quantitative estimate of drug-likeness (QED) is 0.805. The maximum atomic E-state index is 10.0. The average Bonchev–Trinajstić information content (AvgIpc) is 2.34. The van der Waals surface area contributed by atoms with Crippen molar-refractivity contribution >= 4 is 0 Å². The molecule has 0 aromatic heterocycles. The predicted octanol–water partition coefficient (Wildman–Crippen LogP) is 2.00. The summed E-state index contributed by atoms with van der Waals surface area (Å²) in [6, 6.07) is 0. The Morgan fingerprint density at radius 3 is 2.22 bits per heavy atom. The summed E-state index contributed by atoms with van der Waals surface area (Å²) in [7, 11) is 2.08. The Balaban J connectivity index is 1.89. The fraction of sp³-hybridized carbons (Fsp3) is 1.00. The molecule has 1 aliphatic heterocycles. The summed E-state index contributed by atoms with van der Waals surface area (Å²) < 4.78 is 0. The number of nitrogens with zero attached hydrogens (tertiary/aromatic N) is 1. The van der Waals surface area contributed by atoms with Crippen LogP contribution in [0.25, 0.3) is 0 Å². The van der Waals surface area contributed by atoms with Crippen LogP contribution in [0.4, 0.5) is 0 Å². The van der Waals surface area contributed by atoms with Crippen molar-refractivity contribution in [3.05, 3.63) is 0 Å². The lowest BCUT2D eigenvalue weighted by Gasteiger charge is -2.44. The Bertz CT molecular complexity index is 244. The minimum atomic E-state index is -0.417. The first-order valence-electron chi connectivity index (χ1n) is 7.65. The Morgan fingerprint density at radius 2 is 1.67 bits per heavy atom. The molecule has 0 aromatic rings. The molecule has 18 heavy (non-hydrogen) atoms. The highest BCUT2D eigenvalue weighted by Crippen LogP contribution is 2.37. The Labute approximate surface area is 112 Å². The molecule has 0 bridgehead atoms. The van der Waals surface area contributed by atoms with Gasteiger partial charge in [0.15, 0.2) is 0 Å². The van der Waals surface area contributed by atoms with Crippen molar-refractivity contribution in [2.45, 2.75) is 57.5 Å². The van der Waals surface area contributed by atoms with Crippen LogP contribution in [0.5, 0.6) is 0 Å². The van der Waals surface area contributed by atoms with E-state index >= 15 is 0 Å². The van der Waals surface area contributed by atoms with E-state index in [0.29, 0.717) is 5.41 Å². The highest BCUT2D eigenvalue weighted by molar-refractivity contribution is 4.90. The predicted molar refractivity (Wildman–Crippen MR) is 75.7 cm³/mol. The van der Waals surface area contributed by atoms with Gasteiger partial charge in [-0.3, -0.25) is 0 Å². The second-order valence-electron chi connectivity index (χ2n) is 6.86. The van der Waals surface area contributed by atoms with E-state index in [1.165, 1.54) is 38.6 Å². The number of hydrogen-bond acceptors (Lipinski definition) is 3. The van der Waals surface area contributed by atoms with Crippen molar-refractivity contribution in [1.82, 2.24) is 10.2 Å². The van der Waals surface area contributed by atoms with E-state index in [1.807, 2.05) is 6.92 Å². The van der Waals surface area contributed by atoms with Crippen LogP contribution in [0.15, 0.2) is 0 Å². The first-order chi connectivity index (χ1) is 8.55. The fourth-order valence-corrected chi connectivity index (χ4v) is 3.73. The lowest BCUT2D eigenvalue weighted by Crippen LogP contribution is -2.49. The van der Waals surface area contributed by atoms with Gasteiger partial charge in [-0.2, -0.15) is 0 Å². The zero-order valence-corrected chi connectivity index (χ0v) is 12.2. The van der Waals surface area contributed by atoms with Crippen molar-refractivity contribution in [3.8, 4) is 0 Å². The number of piperidine rings is 1. The molecule has 0 amide bonds. The van der Waals surface area contributed by atoms with Crippen molar-refractivity contribution < 1.29 is 5.11 Å². The van der Waals surface area contributed by atoms with Gasteiger partial charge in [-0.15, -0.1) is 0 Å². The monoisotopic (exact) mass is 254 g/mol. The fourth-order valence-electron chi connectivity index (χ4n) is 3.73. The van der Waals surface area contributed by atoms with Gasteiger partial charge in [-0.05, 0) is 45.1 Å². The molecule has 0 aromatic carbocycles. The normalized spacial score (nSPS) is 28.2. The van der Waals surface area contributed by atoms with Gasteiger partial charge in [0.05, 0.1) is 5.60 Å². The van der Waals surface area contributed by atoms with Gasteiger partial charge in [0, 0.05) is 26.2 Å². The molecule has 2 aliphatic rings. The Morgan fingerprint density at radius 1 is 1.06 bits per heavy atom. The number of likely N-dealkylation sites (tertiary alicyclic amines) is 1. The molecule has 0 unspecified atom stereocenters. The third-order valence-electron chi connectivity index (χ3n) is 4.96. The summed E-state index contributed by atoms with van der Waals surface area (Å²) in [6.07, 6.45) is 8.83. The van der Waals surface area contributed by atoms with Crippen LogP contribution in [-0.4, -0.2) is 48.8 Å².